The zero-order valence-electron chi connectivity index (χ0n) is 13.4. The van der Waals surface area contributed by atoms with Gasteiger partial charge in [0.1, 0.15) is 16.8 Å². The minimum Gasteiger partial charge on any atom is -0.506 e. The summed E-state index contributed by atoms with van der Waals surface area (Å²) in [4.78, 5) is 3.44. The molecular weight excluding hydrogens is 434 g/mol. The highest BCUT2D eigenvalue weighted by Crippen LogP contribution is 2.32. The summed E-state index contributed by atoms with van der Waals surface area (Å²) in [7, 11) is 0. The lowest BCUT2D eigenvalue weighted by Crippen LogP contribution is -2.36. The smallest absolute Gasteiger partial charge is 0.356 e. The Bertz CT molecular complexity index is 861. The summed E-state index contributed by atoms with van der Waals surface area (Å²) in [6.07, 6.45) is 2.26. The fourth-order valence-corrected chi connectivity index (χ4v) is 4.06. The molecule has 0 spiro atoms. The molecule has 2 aromatic carbocycles. The van der Waals surface area contributed by atoms with E-state index in [1.165, 1.54) is 5.52 Å². The van der Waals surface area contributed by atoms with E-state index >= 15 is 0 Å². The average Bonchev–Trinajstić information content (AvgIpc) is 2.92. The Morgan fingerprint density at radius 1 is 1.21 bits per heavy atom. The third-order valence-electron chi connectivity index (χ3n) is 4.01. The molecule has 0 aliphatic rings. The number of H-pyrrole nitrogens is 1. The molecular formula is C18H20Br2N3O+. The van der Waals surface area contributed by atoms with E-state index < -0.39 is 0 Å². The third-order valence-corrected chi connectivity index (χ3v) is 5.07. The van der Waals surface area contributed by atoms with Crippen molar-refractivity contribution in [3.05, 3.63) is 50.9 Å². The number of unbranched alkanes of at least 4 members (excludes halogenated alkanes) is 1. The Morgan fingerprint density at radius 3 is 2.79 bits per heavy atom. The monoisotopic (exact) mass is 452 g/mol. The van der Waals surface area contributed by atoms with E-state index in [4.69, 9.17) is 0 Å². The molecule has 0 atom stereocenters. The van der Waals surface area contributed by atoms with Gasteiger partial charge in [-0.15, -0.1) is 0 Å². The van der Waals surface area contributed by atoms with Gasteiger partial charge in [0.05, 0.1) is 17.6 Å². The maximum absolute atomic E-state index is 10.2. The van der Waals surface area contributed by atoms with Crippen molar-refractivity contribution in [1.82, 2.24) is 4.98 Å². The summed E-state index contributed by atoms with van der Waals surface area (Å²) < 4.78 is 3.88. The Labute approximate surface area is 158 Å². The van der Waals surface area contributed by atoms with E-state index in [0.717, 1.165) is 40.9 Å². The molecule has 0 radical (unpaired) electrons. The summed E-state index contributed by atoms with van der Waals surface area (Å²) in [5.41, 5.74) is 3.13. The van der Waals surface area contributed by atoms with Gasteiger partial charge >= 0.3 is 5.95 Å². The summed E-state index contributed by atoms with van der Waals surface area (Å²) in [5, 5.41) is 13.7. The number of nitrogens with one attached hydrogen (secondary N) is 2. The number of phenols is 1. The van der Waals surface area contributed by atoms with Gasteiger partial charge in [0.15, 0.2) is 0 Å². The number of fused-ring (bicyclic) bond motifs is 1. The lowest BCUT2D eigenvalue weighted by molar-refractivity contribution is -0.657. The predicted octanol–water partition coefficient (Wildman–Crippen LogP) is 5.10. The van der Waals surface area contributed by atoms with Gasteiger partial charge in [0.2, 0.25) is 0 Å². The number of anilines is 1. The topological polar surface area (TPSA) is 51.9 Å². The van der Waals surface area contributed by atoms with Crippen LogP contribution in [-0.2, 0) is 13.1 Å². The van der Waals surface area contributed by atoms with Gasteiger partial charge < -0.3 is 5.11 Å². The first-order valence-corrected chi connectivity index (χ1v) is 9.60. The molecule has 3 aromatic rings. The Morgan fingerprint density at radius 2 is 2.00 bits per heavy atom. The Balaban J connectivity index is 1.90. The number of aromatic amines is 1. The molecule has 1 heterocycles. The van der Waals surface area contributed by atoms with E-state index in [1.807, 2.05) is 18.2 Å². The highest BCUT2D eigenvalue weighted by atomic mass is 79.9. The van der Waals surface area contributed by atoms with Crippen LogP contribution >= 0.6 is 31.9 Å². The van der Waals surface area contributed by atoms with Gasteiger partial charge in [-0.1, -0.05) is 41.4 Å². The average molecular weight is 454 g/mol. The lowest BCUT2D eigenvalue weighted by Gasteiger charge is -2.07. The molecule has 4 nitrogen and oxygen atoms in total. The van der Waals surface area contributed by atoms with Crippen LogP contribution in [0, 0.1) is 0 Å². The van der Waals surface area contributed by atoms with E-state index in [-0.39, 0.29) is 5.75 Å². The van der Waals surface area contributed by atoms with Crippen molar-refractivity contribution < 1.29 is 9.67 Å². The molecule has 0 unspecified atom stereocenters. The van der Waals surface area contributed by atoms with Crippen LogP contribution in [0.4, 0.5) is 5.95 Å². The number of hydrogen-bond donors (Lipinski definition) is 3. The molecule has 24 heavy (non-hydrogen) atoms. The number of para-hydroxylation sites is 2. The molecule has 3 rings (SSSR count). The minimum absolute atomic E-state index is 0.266. The van der Waals surface area contributed by atoms with Gasteiger partial charge in [0.25, 0.3) is 0 Å². The molecule has 0 aliphatic carbocycles. The van der Waals surface area contributed by atoms with Crippen LogP contribution in [0.15, 0.2) is 45.3 Å². The molecule has 126 valence electrons. The Kier molecular flexibility index (Phi) is 5.46. The van der Waals surface area contributed by atoms with Gasteiger partial charge in [-0.2, -0.15) is 0 Å². The van der Waals surface area contributed by atoms with Crippen LogP contribution in [0.5, 0.6) is 5.75 Å². The van der Waals surface area contributed by atoms with Crippen LogP contribution in [0.25, 0.3) is 11.0 Å². The standard InChI is InChI=1S/C18H19Br2N3O/c1-2-3-8-23-16-7-5-4-6-15(16)22-18(23)21-11-12-9-13(19)10-14(20)17(12)24/h4-7,9-10H,2-3,8,11H2,1H3,(H2,21,22,24)/p+1. The normalized spacial score (nSPS) is 11.1. The number of hydrogen-bond acceptors (Lipinski definition) is 2. The first-order valence-electron chi connectivity index (χ1n) is 8.01. The zero-order valence-corrected chi connectivity index (χ0v) is 16.6. The number of rotatable bonds is 6. The highest BCUT2D eigenvalue weighted by molar-refractivity contribution is 9.11. The predicted molar refractivity (Wildman–Crippen MR) is 104 cm³/mol. The number of nitrogens with zero attached hydrogens (tertiary/aromatic N) is 1. The van der Waals surface area contributed by atoms with Crippen LogP contribution in [0.2, 0.25) is 0 Å². The molecule has 6 heteroatoms. The Hall–Kier alpha value is -1.53. The summed E-state index contributed by atoms with van der Waals surface area (Å²) in [6.45, 7) is 3.68. The number of aromatic hydroxyl groups is 1. The quantitative estimate of drug-likeness (QED) is 0.455. The SMILES string of the molecule is CCCC[n+]1c(NCc2cc(Br)cc(Br)c2O)[nH]c2ccccc21. The first kappa shape index (κ1) is 17.3. The number of halogens is 2. The fourth-order valence-electron chi connectivity index (χ4n) is 2.75. The van der Waals surface area contributed by atoms with Crippen LogP contribution in [0.3, 0.4) is 0 Å². The molecule has 3 N–H and O–H groups in total. The third kappa shape index (κ3) is 3.59. The molecule has 0 amide bonds. The van der Waals surface area contributed by atoms with E-state index in [9.17, 15) is 5.11 Å². The van der Waals surface area contributed by atoms with Crippen molar-refractivity contribution in [1.29, 1.82) is 0 Å². The van der Waals surface area contributed by atoms with Crippen molar-refractivity contribution in [2.24, 2.45) is 0 Å². The maximum atomic E-state index is 10.2. The number of phenolic OH excluding ortho intramolecular Hbond substituents is 1. The second kappa shape index (κ2) is 7.57. The summed E-state index contributed by atoms with van der Waals surface area (Å²) in [6, 6.07) is 12.1. The molecule has 0 saturated heterocycles. The van der Waals surface area contributed by atoms with Crippen LogP contribution in [0.1, 0.15) is 25.3 Å². The molecule has 0 saturated carbocycles. The minimum atomic E-state index is 0.266. The van der Waals surface area contributed by atoms with Gasteiger partial charge in [-0.3, -0.25) is 5.32 Å². The van der Waals surface area contributed by atoms with Crippen molar-refractivity contribution in [2.75, 3.05) is 5.32 Å². The maximum Gasteiger partial charge on any atom is 0.356 e. The van der Waals surface area contributed by atoms with Crippen LogP contribution in [-0.4, -0.2) is 10.1 Å². The van der Waals surface area contributed by atoms with Crippen molar-refractivity contribution >= 4 is 48.8 Å². The molecule has 1 aromatic heterocycles. The summed E-state index contributed by atoms with van der Waals surface area (Å²) in [5.74, 6) is 1.22. The van der Waals surface area contributed by atoms with E-state index in [2.05, 4.69) is 71.9 Å². The number of imidazole rings is 1. The largest absolute Gasteiger partial charge is 0.506 e. The van der Waals surface area contributed by atoms with Crippen molar-refractivity contribution in [3.63, 3.8) is 0 Å². The first-order chi connectivity index (χ1) is 11.6. The fraction of sp³-hybridized carbons (Fsp3) is 0.278. The van der Waals surface area contributed by atoms with Crippen LogP contribution < -0.4 is 9.88 Å². The van der Waals surface area contributed by atoms with Crippen molar-refractivity contribution in [3.8, 4) is 5.75 Å². The van der Waals surface area contributed by atoms with Gasteiger partial charge in [-0.25, -0.2) is 9.55 Å². The van der Waals surface area contributed by atoms with Crippen molar-refractivity contribution in [2.45, 2.75) is 32.9 Å². The van der Waals surface area contributed by atoms with Gasteiger partial charge in [0, 0.05) is 10.0 Å². The number of aromatic nitrogens is 2. The second-order valence-electron chi connectivity index (χ2n) is 5.74. The van der Waals surface area contributed by atoms with E-state index in [1.54, 1.807) is 0 Å². The van der Waals surface area contributed by atoms with E-state index in [0.29, 0.717) is 11.0 Å². The molecule has 0 aliphatic heterocycles. The van der Waals surface area contributed by atoms with Gasteiger partial charge in [-0.05, 0) is 46.6 Å². The number of benzene rings is 2. The molecule has 0 bridgehead atoms. The number of aryl methyl sites for hydroxylation is 1. The summed E-state index contributed by atoms with van der Waals surface area (Å²) >= 11 is 6.85. The molecule has 0 fully saturated rings. The highest BCUT2D eigenvalue weighted by Gasteiger charge is 2.17. The lowest BCUT2D eigenvalue weighted by atomic mass is 10.2. The zero-order chi connectivity index (χ0) is 17.1. The second-order valence-corrected chi connectivity index (χ2v) is 7.51.